The van der Waals surface area contributed by atoms with E-state index in [2.05, 4.69) is 10.3 Å². The predicted octanol–water partition coefficient (Wildman–Crippen LogP) is 5.22. The van der Waals surface area contributed by atoms with Crippen molar-refractivity contribution in [3.8, 4) is 0 Å². The van der Waals surface area contributed by atoms with Gasteiger partial charge in [0, 0.05) is 18.3 Å². The number of para-hydroxylation sites is 1. The van der Waals surface area contributed by atoms with Crippen molar-refractivity contribution in [2.75, 3.05) is 16.2 Å². The van der Waals surface area contributed by atoms with Crippen LogP contribution in [0.3, 0.4) is 0 Å². The lowest BCUT2D eigenvalue weighted by molar-refractivity contribution is -0.137. The number of anilines is 2. The Morgan fingerprint density at radius 3 is 2.38 bits per heavy atom. The summed E-state index contributed by atoms with van der Waals surface area (Å²) in [6, 6.07) is 14.4. The molecule has 0 aliphatic heterocycles. The molecule has 1 heterocycles. The minimum Gasteiger partial charge on any atom is -0.305 e. The molecule has 0 saturated carbocycles. The zero-order chi connectivity index (χ0) is 23.5. The molecule has 6 nitrogen and oxygen atoms in total. The third-order valence-corrected chi connectivity index (χ3v) is 6.60. The van der Waals surface area contributed by atoms with E-state index in [9.17, 15) is 26.4 Å². The first-order valence-electron chi connectivity index (χ1n) is 9.26. The van der Waals surface area contributed by atoms with E-state index in [1.165, 1.54) is 28.6 Å². The van der Waals surface area contributed by atoms with Crippen LogP contribution in [0.5, 0.6) is 0 Å². The van der Waals surface area contributed by atoms with Crippen molar-refractivity contribution in [2.45, 2.75) is 18.0 Å². The Morgan fingerprint density at radius 2 is 1.78 bits per heavy atom. The fourth-order valence-corrected chi connectivity index (χ4v) is 4.61. The fourth-order valence-electron chi connectivity index (χ4n) is 2.88. The van der Waals surface area contributed by atoms with Gasteiger partial charge in [0.25, 0.3) is 15.9 Å². The van der Waals surface area contributed by atoms with Gasteiger partial charge in [0.2, 0.25) is 0 Å². The number of hydrogen-bond acceptors (Lipinski definition) is 4. The number of halogens is 4. The highest BCUT2D eigenvalue weighted by Gasteiger charge is 2.32. The number of sulfonamides is 1. The lowest BCUT2D eigenvalue weighted by atomic mass is 10.2. The summed E-state index contributed by atoms with van der Waals surface area (Å²) in [7, 11) is -3.98. The van der Waals surface area contributed by atoms with Crippen LogP contribution in [0, 0.1) is 0 Å². The summed E-state index contributed by atoms with van der Waals surface area (Å²) in [5.74, 6) is -1.06. The number of benzene rings is 2. The van der Waals surface area contributed by atoms with Crippen molar-refractivity contribution in [3.05, 3.63) is 83.0 Å². The molecule has 168 valence electrons. The van der Waals surface area contributed by atoms with Gasteiger partial charge in [0.15, 0.2) is 5.82 Å². The van der Waals surface area contributed by atoms with Gasteiger partial charge in [-0.1, -0.05) is 35.9 Å². The highest BCUT2D eigenvalue weighted by atomic mass is 35.5. The summed E-state index contributed by atoms with van der Waals surface area (Å²) in [4.78, 5) is 16.0. The van der Waals surface area contributed by atoms with Gasteiger partial charge in [-0.25, -0.2) is 13.4 Å². The Kier molecular flexibility index (Phi) is 6.75. The normalized spacial score (nSPS) is 11.8. The van der Waals surface area contributed by atoms with Gasteiger partial charge in [0.05, 0.1) is 21.2 Å². The van der Waals surface area contributed by atoms with Crippen molar-refractivity contribution in [1.82, 2.24) is 4.98 Å². The highest BCUT2D eigenvalue weighted by molar-refractivity contribution is 7.92. The summed E-state index contributed by atoms with van der Waals surface area (Å²) in [5, 5.41) is 1.90. The van der Waals surface area contributed by atoms with Crippen molar-refractivity contribution < 1.29 is 26.4 Å². The Bertz CT molecular complexity index is 1240. The number of carbonyl (C=O) groups is 1. The molecule has 0 radical (unpaired) electrons. The van der Waals surface area contributed by atoms with E-state index in [1.54, 1.807) is 37.3 Å². The van der Waals surface area contributed by atoms with Crippen LogP contribution in [-0.2, 0) is 16.2 Å². The average molecular weight is 484 g/mol. The molecule has 0 aliphatic carbocycles. The number of rotatable bonds is 6. The second-order valence-electron chi connectivity index (χ2n) is 6.54. The van der Waals surface area contributed by atoms with Gasteiger partial charge < -0.3 is 5.32 Å². The second-order valence-corrected chi connectivity index (χ2v) is 8.81. The number of pyridine rings is 1. The van der Waals surface area contributed by atoms with Crippen LogP contribution in [0.25, 0.3) is 0 Å². The maximum Gasteiger partial charge on any atom is 0.417 e. The number of nitrogens with one attached hydrogen (secondary N) is 1. The van der Waals surface area contributed by atoms with Crippen LogP contribution in [-0.4, -0.2) is 25.9 Å². The third-order valence-electron chi connectivity index (χ3n) is 4.42. The zero-order valence-electron chi connectivity index (χ0n) is 16.6. The van der Waals surface area contributed by atoms with Crippen molar-refractivity contribution in [1.29, 1.82) is 0 Å². The first-order valence-corrected chi connectivity index (χ1v) is 11.1. The van der Waals surface area contributed by atoms with Crippen LogP contribution >= 0.6 is 11.6 Å². The number of hydrogen-bond donors (Lipinski definition) is 1. The van der Waals surface area contributed by atoms with Gasteiger partial charge in [0.1, 0.15) is 0 Å². The number of carbonyl (C=O) groups excluding carboxylic acids is 1. The molecule has 0 spiro atoms. The number of amides is 1. The van der Waals surface area contributed by atoms with Gasteiger partial charge in [-0.3, -0.25) is 9.10 Å². The van der Waals surface area contributed by atoms with Gasteiger partial charge in [-0.05, 0) is 43.3 Å². The van der Waals surface area contributed by atoms with E-state index in [0.29, 0.717) is 18.0 Å². The Balaban J connectivity index is 1.88. The molecule has 11 heteroatoms. The summed E-state index contributed by atoms with van der Waals surface area (Å²) >= 11 is 5.82. The van der Waals surface area contributed by atoms with E-state index in [0.717, 1.165) is 0 Å². The van der Waals surface area contributed by atoms with E-state index < -0.39 is 32.7 Å². The van der Waals surface area contributed by atoms with Gasteiger partial charge in [-0.15, -0.1) is 0 Å². The first kappa shape index (κ1) is 23.6. The smallest absolute Gasteiger partial charge is 0.305 e. The summed E-state index contributed by atoms with van der Waals surface area (Å²) in [6.07, 6.45) is -4.09. The minimum atomic E-state index is -4.63. The topological polar surface area (TPSA) is 79.4 Å². The van der Waals surface area contributed by atoms with Crippen LogP contribution < -0.4 is 9.62 Å². The molecule has 0 saturated heterocycles. The molecule has 3 rings (SSSR count). The standard InChI is InChI=1S/C21H17ClF3N3O3S/c1-2-28(16-8-4-3-5-9-16)32(30,31)17-10-6-7-14(11-17)20(29)27-19-18(22)12-15(13-26-19)21(23,24)25/h3-13H,2H2,1H3,(H,26,27,29). The molecule has 3 aromatic rings. The van der Waals surface area contributed by atoms with E-state index in [4.69, 9.17) is 11.6 Å². The summed E-state index contributed by atoms with van der Waals surface area (Å²) in [6.45, 7) is 1.84. The van der Waals surface area contributed by atoms with Crippen LogP contribution in [0.4, 0.5) is 24.7 Å². The minimum absolute atomic E-state index is 0.0343. The van der Waals surface area contributed by atoms with Crippen LogP contribution in [0.15, 0.2) is 71.8 Å². The Hall–Kier alpha value is -3.11. The van der Waals surface area contributed by atoms with E-state index in [-0.39, 0.29) is 22.8 Å². The molecule has 32 heavy (non-hydrogen) atoms. The molecule has 1 N–H and O–H groups in total. The largest absolute Gasteiger partial charge is 0.417 e. The summed E-state index contributed by atoms with van der Waals surface area (Å²) in [5.41, 5.74) is -0.632. The molecule has 1 aromatic heterocycles. The molecule has 0 atom stereocenters. The van der Waals surface area contributed by atoms with Crippen molar-refractivity contribution >= 4 is 39.0 Å². The maximum absolute atomic E-state index is 13.1. The molecule has 0 unspecified atom stereocenters. The molecule has 2 aromatic carbocycles. The average Bonchev–Trinajstić information content (AvgIpc) is 2.75. The van der Waals surface area contributed by atoms with Gasteiger partial charge >= 0.3 is 6.18 Å². The Labute approximate surface area is 187 Å². The maximum atomic E-state index is 13.1. The van der Waals surface area contributed by atoms with Crippen LogP contribution in [0.1, 0.15) is 22.8 Å². The molecule has 0 fully saturated rings. The second kappa shape index (κ2) is 9.17. The highest BCUT2D eigenvalue weighted by Crippen LogP contribution is 2.32. The molecule has 1 amide bonds. The van der Waals surface area contributed by atoms with Crippen molar-refractivity contribution in [2.24, 2.45) is 0 Å². The molecule has 0 aliphatic rings. The SMILES string of the molecule is CCN(c1ccccc1)S(=O)(=O)c1cccc(C(=O)Nc2ncc(C(F)(F)F)cc2Cl)c1. The zero-order valence-corrected chi connectivity index (χ0v) is 18.2. The number of alkyl halides is 3. The van der Waals surface area contributed by atoms with Gasteiger partial charge in [-0.2, -0.15) is 13.2 Å². The van der Waals surface area contributed by atoms with Crippen LogP contribution in [0.2, 0.25) is 5.02 Å². The lowest BCUT2D eigenvalue weighted by Gasteiger charge is -2.23. The number of aromatic nitrogens is 1. The first-order chi connectivity index (χ1) is 15.0. The van der Waals surface area contributed by atoms with E-state index in [1.807, 2.05) is 0 Å². The number of nitrogens with zero attached hydrogens (tertiary/aromatic N) is 2. The Morgan fingerprint density at radius 1 is 1.09 bits per heavy atom. The lowest BCUT2D eigenvalue weighted by Crippen LogP contribution is -2.31. The fraction of sp³-hybridized carbons (Fsp3) is 0.143. The molecule has 0 bridgehead atoms. The predicted molar refractivity (Wildman–Crippen MR) is 115 cm³/mol. The van der Waals surface area contributed by atoms with E-state index >= 15 is 0 Å². The molecular weight excluding hydrogens is 467 g/mol. The molecular formula is C21H17ClF3N3O3S. The monoisotopic (exact) mass is 483 g/mol. The third kappa shape index (κ3) is 5.03. The quantitative estimate of drug-likeness (QED) is 0.521. The van der Waals surface area contributed by atoms with Crippen molar-refractivity contribution in [3.63, 3.8) is 0 Å². The summed E-state index contributed by atoms with van der Waals surface area (Å²) < 4.78 is 65.7.